The second kappa shape index (κ2) is 9.33. The van der Waals surface area contributed by atoms with Gasteiger partial charge < -0.3 is 9.80 Å². The zero-order valence-electron chi connectivity index (χ0n) is 20.6. The molecule has 0 aliphatic carbocycles. The maximum absolute atomic E-state index is 13.4. The van der Waals surface area contributed by atoms with E-state index in [0.717, 1.165) is 47.4 Å². The van der Waals surface area contributed by atoms with Crippen LogP contribution in [-0.4, -0.2) is 56.7 Å². The van der Waals surface area contributed by atoms with Crippen LogP contribution in [0.25, 0.3) is 0 Å². The molecular weight excluding hydrogens is 412 g/mol. The number of aromatic nitrogens is 4. The molecule has 3 heterocycles. The molecule has 1 fully saturated rings. The Morgan fingerprint density at radius 3 is 2.27 bits per heavy atom. The van der Waals surface area contributed by atoms with Gasteiger partial charge >= 0.3 is 0 Å². The molecule has 33 heavy (non-hydrogen) atoms. The van der Waals surface area contributed by atoms with E-state index in [9.17, 15) is 4.79 Å². The predicted octanol–water partition coefficient (Wildman–Crippen LogP) is 4.04. The van der Waals surface area contributed by atoms with Crippen LogP contribution in [-0.2, 0) is 6.54 Å². The minimum absolute atomic E-state index is 0.0709. The van der Waals surface area contributed by atoms with Crippen LogP contribution in [0, 0.1) is 27.7 Å². The first-order valence-corrected chi connectivity index (χ1v) is 11.7. The standard InChI is InChI=1S/C26H34N6O/c1-17(2)25-27-19(4)15-23(28-25)30-11-13-31(14-12-30)26(33)24-20(5)29-32(21(24)6)16-22-9-7-18(3)8-10-22/h7-10,15,17H,11-14,16H2,1-6H3. The third-order valence-electron chi connectivity index (χ3n) is 6.31. The molecule has 0 radical (unpaired) electrons. The summed E-state index contributed by atoms with van der Waals surface area (Å²) in [6.07, 6.45) is 0. The van der Waals surface area contributed by atoms with Crippen molar-refractivity contribution in [2.45, 2.75) is 54.0 Å². The van der Waals surface area contributed by atoms with Gasteiger partial charge in [-0.3, -0.25) is 9.48 Å². The van der Waals surface area contributed by atoms with Gasteiger partial charge in [-0.2, -0.15) is 5.10 Å². The minimum atomic E-state index is 0.0709. The summed E-state index contributed by atoms with van der Waals surface area (Å²) in [6.45, 7) is 15.8. The summed E-state index contributed by atoms with van der Waals surface area (Å²) < 4.78 is 1.95. The van der Waals surface area contributed by atoms with Crippen molar-refractivity contribution in [2.75, 3.05) is 31.1 Å². The van der Waals surface area contributed by atoms with Crippen LogP contribution in [0.1, 0.15) is 64.2 Å². The first-order chi connectivity index (χ1) is 15.7. The molecule has 2 aromatic heterocycles. The van der Waals surface area contributed by atoms with Crippen LogP contribution in [0.5, 0.6) is 0 Å². The Labute approximate surface area is 196 Å². The highest BCUT2D eigenvalue weighted by Crippen LogP contribution is 2.21. The first kappa shape index (κ1) is 23.0. The van der Waals surface area contributed by atoms with Crippen LogP contribution in [0.15, 0.2) is 30.3 Å². The quantitative estimate of drug-likeness (QED) is 0.592. The fraction of sp³-hybridized carbons (Fsp3) is 0.462. The van der Waals surface area contributed by atoms with Gasteiger partial charge in [0.05, 0.1) is 17.8 Å². The van der Waals surface area contributed by atoms with Crippen molar-refractivity contribution in [2.24, 2.45) is 0 Å². The van der Waals surface area contributed by atoms with Gasteiger partial charge in [0.25, 0.3) is 5.91 Å². The molecule has 7 nitrogen and oxygen atoms in total. The molecule has 0 saturated carbocycles. The van der Waals surface area contributed by atoms with Crippen LogP contribution in [0.4, 0.5) is 5.82 Å². The van der Waals surface area contributed by atoms with Gasteiger partial charge in [0.1, 0.15) is 11.6 Å². The molecule has 1 amide bonds. The lowest BCUT2D eigenvalue weighted by Gasteiger charge is -2.35. The average molecular weight is 447 g/mol. The molecule has 0 unspecified atom stereocenters. The van der Waals surface area contributed by atoms with E-state index in [1.165, 1.54) is 11.1 Å². The third-order valence-corrected chi connectivity index (χ3v) is 6.31. The Hall–Kier alpha value is -3.22. The van der Waals surface area contributed by atoms with Gasteiger partial charge in [-0.15, -0.1) is 0 Å². The van der Waals surface area contributed by atoms with Crippen molar-refractivity contribution in [3.05, 3.63) is 69.9 Å². The number of anilines is 1. The van der Waals surface area contributed by atoms with Gasteiger partial charge in [-0.05, 0) is 33.3 Å². The molecule has 1 aromatic carbocycles. The highest BCUT2D eigenvalue weighted by Gasteiger charge is 2.27. The Morgan fingerprint density at radius 1 is 0.970 bits per heavy atom. The lowest BCUT2D eigenvalue weighted by Crippen LogP contribution is -2.49. The van der Waals surface area contributed by atoms with Gasteiger partial charge in [-0.25, -0.2) is 9.97 Å². The number of nitrogens with zero attached hydrogens (tertiary/aromatic N) is 6. The summed E-state index contributed by atoms with van der Waals surface area (Å²) in [5.41, 5.74) is 5.85. The molecule has 0 spiro atoms. The Balaban J connectivity index is 1.46. The number of piperazine rings is 1. The van der Waals surface area contributed by atoms with E-state index in [0.29, 0.717) is 19.6 Å². The van der Waals surface area contributed by atoms with E-state index in [1.54, 1.807) is 0 Å². The van der Waals surface area contributed by atoms with E-state index in [2.05, 4.69) is 60.0 Å². The van der Waals surface area contributed by atoms with Crippen molar-refractivity contribution >= 4 is 11.7 Å². The lowest BCUT2D eigenvalue weighted by molar-refractivity contribution is 0.0745. The molecule has 0 bridgehead atoms. The maximum atomic E-state index is 13.4. The summed E-state index contributed by atoms with van der Waals surface area (Å²) >= 11 is 0. The molecule has 1 aliphatic heterocycles. The number of benzene rings is 1. The van der Waals surface area contributed by atoms with Gasteiger partial charge in [0.15, 0.2) is 0 Å². The number of carbonyl (C=O) groups excluding carboxylic acids is 1. The fourth-order valence-corrected chi connectivity index (χ4v) is 4.32. The SMILES string of the molecule is Cc1ccc(Cn2nc(C)c(C(=O)N3CCN(c4cc(C)nc(C(C)C)n4)CC3)c2C)cc1. The maximum Gasteiger partial charge on any atom is 0.257 e. The lowest BCUT2D eigenvalue weighted by atomic mass is 10.1. The number of hydrogen-bond donors (Lipinski definition) is 0. The highest BCUT2D eigenvalue weighted by atomic mass is 16.2. The van der Waals surface area contributed by atoms with Gasteiger partial charge in [0, 0.05) is 49.6 Å². The molecule has 1 saturated heterocycles. The van der Waals surface area contributed by atoms with E-state index >= 15 is 0 Å². The number of rotatable bonds is 5. The molecule has 1 aliphatic rings. The smallest absolute Gasteiger partial charge is 0.257 e. The monoisotopic (exact) mass is 446 g/mol. The molecule has 3 aromatic rings. The third kappa shape index (κ3) is 4.92. The number of amides is 1. The summed E-state index contributed by atoms with van der Waals surface area (Å²) in [5.74, 6) is 2.18. The van der Waals surface area contributed by atoms with Crippen LogP contribution in [0.2, 0.25) is 0 Å². The van der Waals surface area contributed by atoms with E-state index in [4.69, 9.17) is 4.98 Å². The van der Waals surface area contributed by atoms with Crippen molar-refractivity contribution in [1.29, 1.82) is 0 Å². The Kier molecular flexibility index (Phi) is 6.49. The van der Waals surface area contributed by atoms with Crippen LogP contribution < -0.4 is 4.90 Å². The summed E-state index contributed by atoms with van der Waals surface area (Å²) in [5, 5.41) is 4.68. The zero-order valence-corrected chi connectivity index (χ0v) is 20.6. The first-order valence-electron chi connectivity index (χ1n) is 11.7. The zero-order chi connectivity index (χ0) is 23.7. The largest absolute Gasteiger partial charge is 0.353 e. The molecule has 174 valence electrons. The molecule has 7 heteroatoms. The summed E-state index contributed by atoms with van der Waals surface area (Å²) in [6, 6.07) is 10.5. The van der Waals surface area contributed by atoms with Gasteiger partial charge in [0.2, 0.25) is 0 Å². The number of carbonyl (C=O) groups is 1. The minimum Gasteiger partial charge on any atom is -0.353 e. The Bertz CT molecular complexity index is 1140. The molecular formula is C26H34N6O. The van der Waals surface area contributed by atoms with Gasteiger partial charge in [-0.1, -0.05) is 43.7 Å². The summed E-state index contributed by atoms with van der Waals surface area (Å²) in [7, 11) is 0. The van der Waals surface area contributed by atoms with Crippen molar-refractivity contribution in [1.82, 2.24) is 24.6 Å². The van der Waals surface area contributed by atoms with Crippen molar-refractivity contribution in [3.63, 3.8) is 0 Å². The Morgan fingerprint density at radius 2 is 1.64 bits per heavy atom. The normalized spacial score (nSPS) is 14.3. The van der Waals surface area contributed by atoms with Crippen molar-refractivity contribution < 1.29 is 4.79 Å². The van der Waals surface area contributed by atoms with Crippen molar-refractivity contribution in [3.8, 4) is 0 Å². The predicted molar refractivity (Wildman–Crippen MR) is 131 cm³/mol. The van der Waals surface area contributed by atoms with Crippen LogP contribution >= 0.6 is 0 Å². The second-order valence-electron chi connectivity index (χ2n) is 9.35. The fourth-order valence-electron chi connectivity index (χ4n) is 4.32. The summed E-state index contributed by atoms with van der Waals surface area (Å²) in [4.78, 5) is 26.9. The van der Waals surface area contributed by atoms with E-state index < -0.39 is 0 Å². The second-order valence-corrected chi connectivity index (χ2v) is 9.35. The molecule has 0 atom stereocenters. The van der Waals surface area contributed by atoms with E-state index in [1.807, 2.05) is 36.4 Å². The average Bonchev–Trinajstić information content (AvgIpc) is 3.07. The number of aryl methyl sites for hydroxylation is 3. The van der Waals surface area contributed by atoms with Crippen LogP contribution in [0.3, 0.4) is 0 Å². The molecule has 4 rings (SSSR count). The topological polar surface area (TPSA) is 67.2 Å². The molecule has 0 N–H and O–H groups in total. The van der Waals surface area contributed by atoms with E-state index in [-0.39, 0.29) is 11.8 Å². The highest BCUT2D eigenvalue weighted by molar-refractivity contribution is 5.96. The number of hydrogen-bond acceptors (Lipinski definition) is 5.